The van der Waals surface area contributed by atoms with Crippen LogP contribution < -0.4 is 15.0 Å². The van der Waals surface area contributed by atoms with Crippen molar-refractivity contribution in [2.45, 2.75) is 64.5 Å². The summed E-state index contributed by atoms with van der Waals surface area (Å²) in [6.45, 7) is 8.54. The van der Waals surface area contributed by atoms with E-state index in [-0.39, 0.29) is 42.4 Å². The number of methoxy groups -OCH3 is 1. The van der Waals surface area contributed by atoms with Gasteiger partial charge in [0.25, 0.3) is 0 Å². The van der Waals surface area contributed by atoms with Crippen LogP contribution >= 0.6 is 0 Å². The van der Waals surface area contributed by atoms with Crippen molar-refractivity contribution in [2.24, 2.45) is 0 Å². The molecule has 222 valence electrons. The molecule has 0 saturated heterocycles. The van der Waals surface area contributed by atoms with Gasteiger partial charge in [0.05, 0.1) is 24.2 Å². The highest BCUT2D eigenvalue weighted by Crippen LogP contribution is 2.43. The van der Waals surface area contributed by atoms with Crippen molar-refractivity contribution < 1.29 is 14.3 Å². The number of urea groups is 1. The van der Waals surface area contributed by atoms with Crippen molar-refractivity contribution in [3.8, 4) is 11.4 Å². The van der Waals surface area contributed by atoms with Crippen LogP contribution in [0.3, 0.4) is 0 Å². The van der Waals surface area contributed by atoms with E-state index in [1.807, 2.05) is 65.7 Å². The molecule has 3 aromatic carbocycles. The molecule has 4 aromatic rings. The fourth-order valence-corrected chi connectivity index (χ4v) is 6.21. The summed E-state index contributed by atoms with van der Waals surface area (Å²) in [5.41, 5.74) is 6.80. The van der Waals surface area contributed by atoms with Gasteiger partial charge in [0.2, 0.25) is 5.91 Å². The average molecular weight is 577 g/mol. The number of aromatic nitrogens is 1. The summed E-state index contributed by atoms with van der Waals surface area (Å²) in [5, 5.41) is 3.26. The standard InChI is InChI=1S/C36H40N4O3/c1-23(2)28-10-8-11-29(24(3)4)34(28)37-36(42)39(26-17-18-26)22-33(41)40-31-13-7-6-12-30(31)38-21-9-14-32(38)35(40)25-15-19-27(43-5)20-16-25/h6-16,19-21,23-24,26,35H,17-18,22H2,1-5H3,(H,37,42). The van der Waals surface area contributed by atoms with Crippen LogP contribution in [0, 0.1) is 0 Å². The molecule has 1 N–H and O–H groups in total. The topological polar surface area (TPSA) is 66.8 Å². The van der Waals surface area contributed by atoms with Crippen LogP contribution in [0.15, 0.2) is 85.1 Å². The van der Waals surface area contributed by atoms with E-state index in [1.54, 1.807) is 12.0 Å². The van der Waals surface area contributed by atoms with Gasteiger partial charge in [-0.05, 0) is 77.8 Å². The maximum Gasteiger partial charge on any atom is 0.322 e. The minimum absolute atomic E-state index is 0.0148. The number of nitrogens with one attached hydrogen (secondary N) is 1. The molecule has 1 aromatic heterocycles. The van der Waals surface area contributed by atoms with Crippen LogP contribution in [-0.4, -0.2) is 41.1 Å². The van der Waals surface area contributed by atoms with E-state index in [9.17, 15) is 9.59 Å². The maximum absolute atomic E-state index is 14.5. The summed E-state index contributed by atoms with van der Waals surface area (Å²) < 4.78 is 7.56. The fraction of sp³-hybridized carbons (Fsp3) is 0.333. The van der Waals surface area contributed by atoms with Gasteiger partial charge in [-0.2, -0.15) is 0 Å². The number of hydrogen-bond donors (Lipinski definition) is 1. The molecule has 7 nitrogen and oxygen atoms in total. The molecule has 1 saturated carbocycles. The van der Waals surface area contributed by atoms with Gasteiger partial charge >= 0.3 is 6.03 Å². The molecule has 2 heterocycles. The lowest BCUT2D eigenvalue weighted by molar-refractivity contribution is -0.119. The van der Waals surface area contributed by atoms with Crippen molar-refractivity contribution >= 4 is 23.3 Å². The summed E-state index contributed by atoms with van der Waals surface area (Å²) >= 11 is 0. The number of carbonyl (C=O) groups excluding carboxylic acids is 2. The number of rotatable bonds is 8. The van der Waals surface area contributed by atoms with Gasteiger partial charge in [0, 0.05) is 17.9 Å². The Hall–Kier alpha value is -4.52. The molecule has 1 aliphatic heterocycles. The minimum atomic E-state index is -0.360. The van der Waals surface area contributed by atoms with E-state index in [2.05, 4.69) is 61.8 Å². The van der Waals surface area contributed by atoms with Crippen LogP contribution in [0.25, 0.3) is 5.69 Å². The van der Waals surface area contributed by atoms with Gasteiger partial charge in [-0.3, -0.25) is 9.69 Å². The second kappa shape index (κ2) is 11.6. The molecule has 6 rings (SSSR count). The third-order valence-corrected chi connectivity index (χ3v) is 8.58. The summed E-state index contributed by atoms with van der Waals surface area (Å²) in [6, 6.07) is 25.6. The van der Waals surface area contributed by atoms with Gasteiger partial charge in [-0.25, -0.2) is 4.79 Å². The van der Waals surface area contributed by atoms with Crippen molar-refractivity contribution in [2.75, 3.05) is 23.9 Å². The number of fused-ring (bicyclic) bond motifs is 3. The summed E-state index contributed by atoms with van der Waals surface area (Å²) in [6.07, 6.45) is 3.82. The number of amides is 3. The zero-order valence-corrected chi connectivity index (χ0v) is 25.6. The molecule has 2 aliphatic rings. The zero-order chi connectivity index (χ0) is 30.2. The van der Waals surface area contributed by atoms with E-state index in [0.29, 0.717) is 0 Å². The molecule has 7 heteroatoms. The van der Waals surface area contributed by atoms with Crippen LogP contribution in [0.2, 0.25) is 0 Å². The molecule has 1 fully saturated rings. The van der Waals surface area contributed by atoms with Gasteiger partial charge in [0.15, 0.2) is 0 Å². The lowest BCUT2D eigenvalue weighted by atomic mass is 9.93. The first-order valence-electron chi connectivity index (χ1n) is 15.2. The predicted molar refractivity (Wildman–Crippen MR) is 171 cm³/mol. The number of ether oxygens (including phenoxy) is 1. The lowest BCUT2D eigenvalue weighted by Crippen LogP contribution is -2.48. The predicted octanol–water partition coefficient (Wildman–Crippen LogP) is 7.87. The first kappa shape index (κ1) is 28.6. The van der Waals surface area contributed by atoms with E-state index >= 15 is 0 Å². The fourth-order valence-electron chi connectivity index (χ4n) is 6.21. The van der Waals surface area contributed by atoms with E-state index in [1.165, 1.54) is 0 Å². The SMILES string of the molecule is COc1ccc(C2c3cccn3-c3ccccc3N2C(=O)CN(C(=O)Nc2c(C(C)C)cccc2C(C)C)C2CC2)cc1. The molecule has 1 atom stereocenters. The Morgan fingerprint density at radius 3 is 2.12 bits per heavy atom. The van der Waals surface area contributed by atoms with Crippen LogP contribution in [0.4, 0.5) is 16.2 Å². The first-order valence-corrected chi connectivity index (χ1v) is 15.2. The molecule has 0 spiro atoms. The Morgan fingerprint density at radius 1 is 0.860 bits per heavy atom. The molecular formula is C36H40N4O3. The number of para-hydroxylation sites is 3. The van der Waals surface area contributed by atoms with Crippen molar-refractivity contribution in [3.63, 3.8) is 0 Å². The van der Waals surface area contributed by atoms with Crippen LogP contribution in [-0.2, 0) is 4.79 Å². The first-order chi connectivity index (χ1) is 20.8. The molecule has 43 heavy (non-hydrogen) atoms. The third-order valence-electron chi connectivity index (χ3n) is 8.58. The Kier molecular flexibility index (Phi) is 7.74. The molecule has 1 aliphatic carbocycles. The number of hydrogen-bond acceptors (Lipinski definition) is 3. The highest BCUT2D eigenvalue weighted by atomic mass is 16.5. The Labute approximate surface area is 254 Å². The largest absolute Gasteiger partial charge is 0.497 e. The highest BCUT2D eigenvalue weighted by Gasteiger charge is 2.40. The maximum atomic E-state index is 14.5. The number of carbonyl (C=O) groups is 2. The Bertz CT molecular complexity index is 1610. The molecule has 3 amide bonds. The average Bonchev–Trinajstić information content (AvgIpc) is 3.73. The smallest absolute Gasteiger partial charge is 0.322 e. The van der Waals surface area contributed by atoms with Gasteiger partial charge in [-0.1, -0.05) is 70.2 Å². The highest BCUT2D eigenvalue weighted by molar-refractivity contribution is 6.02. The Balaban J connectivity index is 1.36. The third kappa shape index (κ3) is 5.40. The van der Waals surface area contributed by atoms with E-state index in [0.717, 1.165) is 58.0 Å². The molecule has 0 radical (unpaired) electrons. The lowest BCUT2D eigenvalue weighted by Gasteiger charge is -2.39. The second-order valence-corrected chi connectivity index (χ2v) is 12.1. The zero-order valence-electron chi connectivity index (χ0n) is 25.6. The Morgan fingerprint density at radius 2 is 1.51 bits per heavy atom. The van der Waals surface area contributed by atoms with E-state index in [4.69, 9.17) is 4.74 Å². The number of nitrogens with zero attached hydrogens (tertiary/aromatic N) is 3. The van der Waals surface area contributed by atoms with Gasteiger partial charge < -0.3 is 19.5 Å². The van der Waals surface area contributed by atoms with Crippen LogP contribution in [0.1, 0.15) is 80.8 Å². The molecule has 1 unspecified atom stereocenters. The molecule has 0 bridgehead atoms. The summed E-state index contributed by atoms with van der Waals surface area (Å²) in [7, 11) is 1.65. The quantitative estimate of drug-likeness (QED) is 0.232. The second-order valence-electron chi connectivity index (χ2n) is 12.1. The van der Waals surface area contributed by atoms with Gasteiger partial charge in [0.1, 0.15) is 18.3 Å². The summed E-state index contributed by atoms with van der Waals surface area (Å²) in [5.74, 6) is 1.13. The van der Waals surface area contributed by atoms with E-state index < -0.39 is 0 Å². The van der Waals surface area contributed by atoms with Gasteiger partial charge in [-0.15, -0.1) is 0 Å². The minimum Gasteiger partial charge on any atom is -0.497 e. The summed E-state index contributed by atoms with van der Waals surface area (Å²) in [4.78, 5) is 32.1. The van der Waals surface area contributed by atoms with Crippen molar-refractivity contribution in [3.05, 3.63) is 107 Å². The molecular weight excluding hydrogens is 536 g/mol. The number of anilines is 2. The normalized spacial score (nSPS) is 15.7. The van der Waals surface area contributed by atoms with Crippen molar-refractivity contribution in [1.82, 2.24) is 9.47 Å². The van der Waals surface area contributed by atoms with Crippen molar-refractivity contribution in [1.29, 1.82) is 0 Å². The number of benzene rings is 3. The monoisotopic (exact) mass is 576 g/mol. The van der Waals surface area contributed by atoms with Crippen LogP contribution in [0.5, 0.6) is 5.75 Å².